The SMILES string of the molecule is Cc1cnn(C(C)C)c1NCC(=O)NC(=O)c1cc(Cl)c(Cl)nc1Cl. The predicted octanol–water partition coefficient (Wildman–Crippen LogP) is 3.50. The second kappa shape index (κ2) is 8.03. The molecule has 2 rings (SSSR count). The van der Waals surface area contributed by atoms with Gasteiger partial charge in [-0.3, -0.25) is 14.9 Å². The van der Waals surface area contributed by atoms with Gasteiger partial charge in [-0.2, -0.15) is 5.10 Å². The Bertz CT molecular complexity index is 820. The third-order valence-corrected chi connectivity index (χ3v) is 4.23. The maximum Gasteiger partial charge on any atom is 0.261 e. The molecule has 2 aromatic rings. The summed E-state index contributed by atoms with van der Waals surface area (Å²) in [6.45, 7) is 5.71. The average molecular weight is 405 g/mol. The largest absolute Gasteiger partial charge is 0.361 e. The van der Waals surface area contributed by atoms with Crippen LogP contribution >= 0.6 is 34.8 Å². The second-order valence-corrected chi connectivity index (χ2v) is 6.67. The molecule has 0 radical (unpaired) electrons. The molecule has 0 aliphatic heterocycles. The molecule has 25 heavy (non-hydrogen) atoms. The van der Waals surface area contributed by atoms with Crippen LogP contribution in [0.15, 0.2) is 12.3 Å². The van der Waals surface area contributed by atoms with Crippen LogP contribution in [-0.4, -0.2) is 33.1 Å². The number of halogens is 3. The Kier molecular flexibility index (Phi) is 6.26. The lowest BCUT2D eigenvalue weighted by molar-refractivity contribution is -0.118. The molecule has 0 aliphatic rings. The molecule has 0 saturated carbocycles. The Balaban J connectivity index is 2.03. The summed E-state index contributed by atoms with van der Waals surface area (Å²) in [4.78, 5) is 27.9. The minimum absolute atomic E-state index is 0.0198. The first-order valence-corrected chi connectivity index (χ1v) is 8.47. The molecule has 2 N–H and O–H groups in total. The van der Waals surface area contributed by atoms with Crippen LogP contribution < -0.4 is 10.6 Å². The van der Waals surface area contributed by atoms with Gasteiger partial charge in [-0.15, -0.1) is 0 Å². The summed E-state index contributed by atoms with van der Waals surface area (Å²) in [7, 11) is 0. The highest BCUT2D eigenvalue weighted by Crippen LogP contribution is 2.25. The van der Waals surface area contributed by atoms with E-state index in [1.807, 2.05) is 20.8 Å². The molecule has 0 aliphatic carbocycles. The van der Waals surface area contributed by atoms with E-state index in [0.29, 0.717) is 5.82 Å². The van der Waals surface area contributed by atoms with Gasteiger partial charge in [-0.05, 0) is 26.8 Å². The number of hydrogen-bond donors (Lipinski definition) is 2. The molecule has 0 unspecified atom stereocenters. The zero-order valence-electron chi connectivity index (χ0n) is 13.7. The van der Waals surface area contributed by atoms with Crippen molar-refractivity contribution in [3.05, 3.63) is 38.7 Å². The van der Waals surface area contributed by atoms with E-state index in [1.165, 1.54) is 6.07 Å². The van der Waals surface area contributed by atoms with Crippen LogP contribution in [0.2, 0.25) is 15.3 Å². The number of imide groups is 1. The van der Waals surface area contributed by atoms with E-state index in [2.05, 4.69) is 20.7 Å². The Morgan fingerprint density at radius 3 is 2.56 bits per heavy atom. The maximum atomic E-state index is 12.1. The molecule has 2 aromatic heterocycles. The molecular weight excluding hydrogens is 389 g/mol. The molecular formula is C15H16Cl3N5O2. The van der Waals surface area contributed by atoms with Crippen molar-refractivity contribution in [2.24, 2.45) is 0 Å². The number of nitrogens with one attached hydrogen (secondary N) is 2. The first kappa shape index (κ1) is 19.5. The number of anilines is 1. The Labute approximate surface area is 159 Å². The van der Waals surface area contributed by atoms with E-state index in [9.17, 15) is 9.59 Å². The van der Waals surface area contributed by atoms with E-state index < -0.39 is 11.8 Å². The zero-order chi connectivity index (χ0) is 18.7. The van der Waals surface area contributed by atoms with Crippen LogP contribution in [0, 0.1) is 6.92 Å². The molecule has 0 spiro atoms. The normalized spacial score (nSPS) is 10.8. The fourth-order valence-electron chi connectivity index (χ4n) is 2.07. The number of aromatic nitrogens is 3. The number of hydrogen-bond acceptors (Lipinski definition) is 5. The summed E-state index contributed by atoms with van der Waals surface area (Å²) in [5.74, 6) is -0.535. The van der Waals surface area contributed by atoms with Gasteiger partial charge in [0.05, 0.1) is 23.3 Å². The quantitative estimate of drug-likeness (QED) is 0.745. The van der Waals surface area contributed by atoms with Crippen molar-refractivity contribution in [3.63, 3.8) is 0 Å². The summed E-state index contributed by atoms with van der Waals surface area (Å²) >= 11 is 17.4. The fourth-order valence-corrected chi connectivity index (χ4v) is 2.63. The summed E-state index contributed by atoms with van der Waals surface area (Å²) in [5.41, 5.74) is 0.859. The molecule has 10 heteroatoms. The van der Waals surface area contributed by atoms with Crippen molar-refractivity contribution in [1.82, 2.24) is 20.1 Å². The number of aryl methyl sites for hydroxylation is 1. The molecule has 0 aromatic carbocycles. The van der Waals surface area contributed by atoms with Crippen molar-refractivity contribution >= 4 is 52.4 Å². The average Bonchev–Trinajstić information content (AvgIpc) is 2.89. The first-order valence-electron chi connectivity index (χ1n) is 7.34. The number of nitrogens with zero attached hydrogens (tertiary/aromatic N) is 3. The van der Waals surface area contributed by atoms with E-state index in [1.54, 1.807) is 10.9 Å². The number of rotatable bonds is 5. The smallest absolute Gasteiger partial charge is 0.261 e. The highest BCUT2D eigenvalue weighted by molar-refractivity contribution is 6.42. The topological polar surface area (TPSA) is 88.9 Å². The van der Waals surface area contributed by atoms with Gasteiger partial charge in [-0.25, -0.2) is 9.67 Å². The van der Waals surface area contributed by atoms with Crippen molar-refractivity contribution < 1.29 is 9.59 Å². The number of carbonyl (C=O) groups is 2. The predicted molar refractivity (Wildman–Crippen MR) is 97.6 cm³/mol. The second-order valence-electron chi connectivity index (χ2n) is 5.54. The van der Waals surface area contributed by atoms with Crippen molar-refractivity contribution in [1.29, 1.82) is 0 Å². The van der Waals surface area contributed by atoms with E-state index in [4.69, 9.17) is 34.8 Å². The number of amides is 2. The summed E-state index contributed by atoms with van der Waals surface area (Å²) in [6, 6.07) is 1.38. The molecule has 134 valence electrons. The maximum absolute atomic E-state index is 12.1. The van der Waals surface area contributed by atoms with Crippen LogP contribution in [0.5, 0.6) is 0 Å². The van der Waals surface area contributed by atoms with Gasteiger partial charge in [0, 0.05) is 11.6 Å². The van der Waals surface area contributed by atoms with Gasteiger partial charge < -0.3 is 5.32 Å². The first-order chi connectivity index (χ1) is 11.7. The molecule has 0 saturated heterocycles. The van der Waals surface area contributed by atoms with E-state index >= 15 is 0 Å². The van der Waals surface area contributed by atoms with Gasteiger partial charge in [-0.1, -0.05) is 34.8 Å². The highest BCUT2D eigenvalue weighted by atomic mass is 35.5. The van der Waals surface area contributed by atoms with Gasteiger partial charge in [0.1, 0.15) is 16.1 Å². The standard InChI is InChI=1S/C15H16Cl3N5O2/c1-7(2)23-14(8(3)5-20-23)19-6-11(24)21-15(25)9-4-10(16)13(18)22-12(9)17/h4-5,7,19H,6H2,1-3H3,(H,21,24,25). The third-order valence-electron chi connectivity index (χ3n) is 3.27. The van der Waals surface area contributed by atoms with Gasteiger partial charge in [0.15, 0.2) is 0 Å². The molecule has 2 heterocycles. The summed E-state index contributed by atoms with van der Waals surface area (Å²) in [5, 5.41) is 9.34. The lowest BCUT2D eigenvalue weighted by Crippen LogP contribution is -2.35. The zero-order valence-corrected chi connectivity index (χ0v) is 16.0. The Morgan fingerprint density at radius 2 is 1.92 bits per heavy atom. The molecule has 7 nitrogen and oxygen atoms in total. The Hall–Kier alpha value is -1.83. The monoisotopic (exact) mass is 403 g/mol. The Morgan fingerprint density at radius 1 is 1.24 bits per heavy atom. The third kappa shape index (κ3) is 4.62. The molecule has 0 bridgehead atoms. The van der Waals surface area contributed by atoms with Crippen LogP contribution in [0.4, 0.5) is 5.82 Å². The van der Waals surface area contributed by atoms with E-state index in [-0.39, 0.29) is 33.5 Å². The van der Waals surface area contributed by atoms with Crippen molar-refractivity contribution in [2.75, 3.05) is 11.9 Å². The lowest BCUT2D eigenvalue weighted by atomic mass is 10.2. The van der Waals surface area contributed by atoms with Gasteiger partial charge >= 0.3 is 0 Å². The fraction of sp³-hybridized carbons (Fsp3) is 0.333. The van der Waals surface area contributed by atoms with Crippen LogP contribution in [-0.2, 0) is 4.79 Å². The van der Waals surface area contributed by atoms with Crippen LogP contribution in [0.3, 0.4) is 0 Å². The van der Waals surface area contributed by atoms with E-state index in [0.717, 1.165) is 5.56 Å². The molecule has 0 atom stereocenters. The van der Waals surface area contributed by atoms with Gasteiger partial charge in [0.25, 0.3) is 5.91 Å². The summed E-state index contributed by atoms with van der Waals surface area (Å²) in [6.07, 6.45) is 1.70. The minimum Gasteiger partial charge on any atom is -0.361 e. The number of pyridine rings is 1. The minimum atomic E-state index is -0.711. The lowest BCUT2D eigenvalue weighted by Gasteiger charge is -2.13. The molecule has 0 fully saturated rings. The van der Waals surface area contributed by atoms with Crippen LogP contribution in [0.25, 0.3) is 0 Å². The van der Waals surface area contributed by atoms with Gasteiger partial charge in [0.2, 0.25) is 5.91 Å². The summed E-state index contributed by atoms with van der Waals surface area (Å²) < 4.78 is 1.75. The number of carbonyl (C=O) groups excluding carboxylic acids is 2. The van der Waals surface area contributed by atoms with Crippen molar-refractivity contribution in [3.8, 4) is 0 Å². The highest BCUT2D eigenvalue weighted by Gasteiger charge is 2.18. The molecule has 2 amide bonds. The van der Waals surface area contributed by atoms with Crippen LogP contribution in [0.1, 0.15) is 35.8 Å². The van der Waals surface area contributed by atoms with Crippen molar-refractivity contribution in [2.45, 2.75) is 26.8 Å².